The van der Waals surface area contributed by atoms with E-state index in [4.69, 9.17) is 14.2 Å². The van der Waals surface area contributed by atoms with E-state index in [0.717, 1.165) is 5.57 Å². The summed E-state index contributed by atoms with van der Waals surface area (Å²) in [6.07, 6.45) is 3.08. The quantitative estimate of drug-likeness (QED) is 0.729. The number of ether oxygens (including phenoxy) is 3. The molecule has 0 amide bonds. The van der Waals surface area contributed by atoms with E-state index in [1.807, 2.05) is 0 Å². The minimum absolute atomic E-state index is 0.0558. The van der Waals surface area contributed by atoms with Crippen molar-refractivity contribution in [2.75, 3.05) is 7.11 Å². The molecule has 0 saturated heterocycles. The monoisotopic (exact) mass is 264 g/mol. The summed E-state index contributed by atoms with van der Waals surface area (Å²) in [4.78, 5) is 23.3. The predicted molar refractivity (Wildman–Crippen MR) is 66.8 cm³/mol. The molecule has 2 rings (SSSR count). The van der Waals surface area contributed by atoms with Gasteiger partial charge in [-0.15, -0.1) is 0 Å². The third-order valence-electron chi connectivity index (χ3n) is 3.22. The first-order valence-corrected chi connectivity index (χ1v) is 5.94. The normalized spacial score (nSPS) is 28.6. The molecule has 0 fully saturated rings. The number of esters is 1. The van der Waals surface area contributed by atoms with Gasteiger partial charge in [-0.25, -0.2) is 4.79 Å². The Bertz CT molecular complexity index is 538. The van der Waals surface area contributed by atoms with Gasteiger partial charge in [0.25, 0.3) is 0 Å². The topological polar surface area (TPSA) is 61.8 Å². The number of hydrogen-bond acceptors (Lipinski definition) is 5. The zero-order chi connectivity index (χ0) is 14.2. The number of ketones is 1. The first-order chi connectivity index (χ1) is 8.87. The second-order valence-corrected chi connectivity index (χ2v) is 4.90. The van der Waals surface area contributed by atoms with Gasteiger partial charge in [0.15, 0.2) is 17.1 Å². The average molecular weight is 264 g/mol. The summed E-state index contributed by atoms with van der Waals surface area (Å²) in [5, 5.41) is 0. The van der Waals surface area contributed by atoms with Gasteiger partial charge in [-0.3, -0.25) is 4.79 Å². The maximum absolute atomic E-state index is 12.0. The number of carbonyl (C=O) groups is 2. The fourth-order valence-electron chi connectivity index (χ4n) is 2.25. The second kappa shape index (κ2) is 4.57. The minimum Gasteiger partial charge on any atom is -0.493 e. The Balaban J connectivity index is 2.23. The molecule has 0 aromatic rings. The van der Waals surface area contributed by atoms with Crippen LogP contribution in [0, 0.1) is 0 Å². The fraction of sp³-hybridized carbons (Fsp3) is 0.429. The van der Waals surface area contributed by atoms with Gasteiger partial charge in [0.2, 0.25) is 5.78 Å². The smallest absolute Gasteiger partial charge is 0.340 e. The summed E-state index contributed by atoms with van der Waals surface area (Å²) in [5.74, 6) is 0.222. The molecular formula is C14H16O5. The molecule has 0 bridgehead atoms. The Morgan fingerprint density at radius 2 is 2.11 bits per heavy atom. The van der Waals surface area contributed by atoms with Gasteiger partial charge < -0.3 is 14.2 Å². The molecule has 5 heteroatoms. The summed E-state index contributed by atoms with van der Waals surface area (Å²) in [6.45, 7) is 5.22. The zero-order valence-corrected chi connectivity index (χ0v) is 11.4. The molecule has 0 saturated carbocycles. The maximum atomic E-state index is 12.0. The third kappa shape index (κ3) is 2.28. The zero-order valence-electron chi connectivity index (χ0n) is 11.4. The van der Waals surface area contributed by atoms with Crippen LogP contribution in [0.3, 0.4) is 0 Å². The van der Waals surface area contributed by atoms with Crippen molar-refractivity contribution in [3.8, 4) is 0 Å². The van der Waals surface area contributed by atoms with E-state index in [-0.39, 0.29) is 5.78 Å². The Morgan fingerprint density at radius 3 is 2.63 bits per heavy atom. The molecule has 1 unspecified atom stereocenters. The van der Waals surface area contributed by atoms with Crippen molar-refractivity contribution in [2.24, 2.45) is 0 Å². The molecule has 5 nitrogen and oxygen atoms in total. The molecule has 0 N–H and O–H groups in total. The van der Waals surface area contributed by atoms with Crippen molar-refractivity contribution in [3.05, 3.63) is 35.0 Å². The average Bonchev–Trinajstić information content (AvgIpc) is 2.86. The van der Waals surface area contributed by atoms with E-state index in [1.165, 1.54) is 19.4 Å². The van der Waals surface area contributed by atoms with Gasteiger partial charge in [-0.2, -0.15) is 0 Å². The van der Waals surface area contributed by atoms with Crippen LogP contribution in [0.25, 0.3) is 0 Å². The number of carbonyl (C=O) groups excluding carboxylic acids is 2. The van der Waals surface area contributed by atoms with Crippen LogP contribution in [0.4, 0.5) is 0 Å². The van der Waals surface area contributed by atoms with Crippen molar-refractivity contribution in [1.82, 2.24) is 0 Å². The van der Waals surface area contributed by atoms with Crippen LogP contribution in [-0.4, -0.2) is 24.5 Å². The Kier molecular flexibility index (Phi) is 3.22. The van der Waals surface area contributed by atoms with Crippen LogP contribution >= 0.6 is 0 Å². The lowest BCUT2D eigenvalue weighted by Crippen LogP contribution is -2.34. The Hall–Kier alpha value is -2.04. The van der Waals surface area contributed by atoms with E-state index in [1.54, 1.807) is 20.8 Å². The van der Waals surface area contributed by atoms with E-state index in [0.29, 0.717) is 23.5 Å². The van der Waals surface area contributed by atoms with Crippen molar-refractivity contribution in [3.63, 3.8) is 0 Å². The fourth-order valence-corrected chi connectivity index (χ4v) is 2.25. The van der Waals surface area contributed by atoms with E-state index in [9.17, 15) is 9.59 Å². The van der Waals surface area contributed by atoms with Crippen molar-refractivity contribution < 1.29 is 23.8 Å². The molecule has 1 atom stereocenters. The SMILES string of the molecule is COC1=CC(=O)OC1=C(C)CC1(C)OC=C(C)C1=O. The van der Waals surface area contributed by atoms with Crippen molar-refractivity contribution in [1.29, 1.82) is 0 Å². The molecule has 0 aromatic heterocycles. The van der Waals surface area contributed by atoms with Crippen LogP contribution in [0.5, 0.6) is 0 Å². The molecule has 19 heavy (non-hydrogen) atoms. The highest BCUT2D eigenvalue weighted by atomic mass is 16.6. The van der Waals surface area contributed by atoms with Gasteiger partial charge in [-0.05, 0) is 26.3 Å². The van der Waals surface area contributed by atoms with Gasteiger partial charge in [-0.1, -0.05) is 0 Å². The summed E-state index contributed by atoms with van der Waals surface area (Å²) in [6, 6.07) is 0. The first-order valence-electron chi connectivity index (χ1n) is 5.94. The Labute approximate surface area is 111 Å². The molecule has 0 aliphatic carbocycles. The van der Waals surface area contributed by atoms with Gasteiger partial charge in [0.05, 0.1) is 19.4 Å². The van der Waals surface area contributed by atoms with Crippen LogP contribution in [0.1, 0.15) is 27.2 Å². The summed E-state index contributed by atoms with van der Waals surface area (Å²) < 4.78 is 15.6. The van der Waals surface area contributed by atoms with Crippen molar-refractivity contribution in [2.45, 2.75) is 32.8 Å². The lowest BCUT2D eigenvalue weighted by Gasteiger charge is -2.23. The summed E-state index contributed by atoms with van der Waals surface area (Å²) in [7, 11) is 1.46. The molecular weight excluding hydrogens is 248 g/mol. The molecule has 2 aliphatic heterocycles. The summed E-state index contributed by atoms with van der Waals surface area (Å²) >= 11 is 0. The summed E-state index contributed by atoms with van der Waals surface area (Å²) in [5.41, 5.74) is 0.388. The molecule has 102 valence electrons. The second-order valence-electron chi connectivity index (χ2n) is 4.90. The van der Waals surface area contributed by atoms with Crippen molar-refractivity contribution >= 4 is 11.8 Å². The van der Waals surface area contributed by atoms with Crippen LogP contribution in [-0.2, 0) is 23.8 Å². The number of methoxy groups -OCH3 is 1. The number of cyclic esters (lactones) is 1. The van der Waals surface area contributed by atoms with Gasteiger partial charge >= 0.3 is 5.97 Å². The first kappa shape index (κ1) is 13.4. The Morgan fingerprint density at radius 1 is 1.42 bits per heavy atom. The molecule has 0 radical (unpaired) electrons. The van der Waals surface area contributed by atoms with E-state index < -0.39 is 11.6 Å². The predicted octanol–water partition coefficient (Wildman–Crippen LogP) is 2.00. The van der Waals surface area contributed by atoms with Crippen LogP contribution in [0.15, 0.2) is 35.0 Å². The van der Waals surface area contributed by atoms with Crippen LogP contribution < -0.4 is 0 Å². The minimum atomic E-state index is -0.936. The lowest BCUT2D eigenvalue weighted by molar-refractivity contribution is -0.132. The van der Waals surface area contributed by atoms with Crippen LogP contribution in [0.2, 0.25) is 0 Å². The highest BCUT2D eigenvalue weighted by Gasteiger charge is 2.41. The number of Topliss-reactive ketones (excluding diaryl/α,β-unsaturated/α-hetero) is 1. The van der Waals surface area contributed by atoms with E-state index >= 15 is 0 Å². The molecule has 2 heterocycles. The molecule has 0 aromatic carbocycles. The maximum Gasteiger partial charge on any atom is 0.340 e. The highest BCUT2D eigenvalue weighted by Crippen LogP contribution is 2.34. The largest absolute Gasteiger partial charge is 0.493 e. The number of hydrogen-bond donors (Lipinski definition) is 0. The lowest BCUT2D eigenvalue weighted by atomic mass is 9.90. The molecule has 2 aliphatic rings. The third-order valence-corrected chi connectivity index (χ3v) is 3.22. The van der Waals surface area contributed by atoms with Gasteiger partial charge in [0, 0.05) is 12.0 Å². The number of rotatable bonds is 3. The van der Waals surface area contributed by atoms with Gasteiger partial charge in [0.1, 0.15) is 0 Å². The molecule has 0 spiro atoms. The van der Waals surface area contributed by atoms with E-state index in [2.05, 4.69) is 0 Å². The highest BCUT2D eigenvalue weighted by molar-refractivity contribution is 6.03. The standard InChI is InChI=1S/C14H16O5/c1-8(12-10(17-4)5-11(15)19-12)6-14(3)13(16)9(2)7-18-14/h5,7H,6H2,1-4H3.